The lowest BCUT2D eigenvalue weighted by Crippen LogP contribution is -2.70. The van der Waals surface area contributed by atoms with Gasteiger partial charge in [-0.1, -0.05) is 27.7 Å². The molecule has 19 nitrogen and oxygen atoms in total. The molecule has 3 fully saturated rings. The maximum Gasteiger partial charge on any atom is 0.326 e. The lowest BCUT2D eigenvalue weighted by Gasteiger charge is -2.53. The first-order valence-electron chi connectivity index (χ1n) is 25.0. The number of aryl methyl sites for hydroxylation is 2. The number of hydrogen-bond acceptors (Lipinski definition) is 17. The number of fused-ring (bicyclic) bond motifs is 1. The molecular weight excluding hydrogens is 881 g/mol. The van der Waals surface area contributed by atoms with E-state index in [0.29, 0.717) is 13.1 Å². The third-order valence-electron chi connectivity index (χ3n) is 15.5. The molecule has 68 heavy (non-hydrogen) atoms. The number of esters is 1. The van der Waals surface area contributed by atoms with E-state index < -0.39 is 114 Å². The highest BCUT2D eigenvalue weighted by Gasteiger charge is 2.58. The van der Waals surface area contributed by atoms with Crippen LogP contribution in [0.25, 0.3) is 0 Å². The second-order valence-electron chi connectivity index (χ2n) is 21.2. The third-order valence-corrected chi connectivity index (χ3v) is 15.5. The SMILES string of the molecule is CCCNC[C@]1(O)[C@H](C)O[C@@H](O[C@H]2[C@H](C)[C@@H](O[C@@H]3O[C@H](C)C[C@H](N(C)C(=O)N(C)c4ncc5c(n4)CCC5)[C@H]3O)[C@](C)(O)C[C@@H](C)CN[C@H](C)[C@@H](O)[C@](C)(O)[C@@H](CC)OC(=O)[C@@H]2C)C[C@@]1(C)OC. The number of carbonyl (C=O) groups excluding carboxylic acids is 2. The van der Waals surface area contributed by atoms with Gasteiger partial charge in [0.1, 0.15) is 35.1 Å². The van der Waals surface area contributed by atoms with Crippen molar-refractivity contribution in [2.45, 2.75) is 217 Å². The van der Waals surface area contributed by atoms with Gasteiger partial charge in [-0.2, -0.15) is 0 Å². The fraction of sp³-hybridized carbons (Fsp3) is 0.878. The van der Waals surface area contributed by atoms with Gasteiger partial charge in [0.2, 0.25) is 5.95 Å². The molecule has 0 radical (unpaired) electrons. The minimum absolute atomic E-state index is 0.0408. The summed E-state index contributed by atoms with van der Waals surface area (Å²) in [5.74, 6) is -2.75. The van der Waals surface area contributed by atoms with Crippen LogP contribution in [0.15, 0.2) is 6.20 Å². The molecule has 390 valence electrons. The Morgan fingerprint density at radius 1 is 1.00 bits per heavy atom. The van der Waals surface area contributed by atoms with E-state index in [0.717, 1.165) is 36.9 Å². The van der Waals surface area contributed by atoms with Crippen molar-refractivity contribution in [1.29, 1.82) is 0 Å². The van der Waals surface area contributed by atoms with Gasteiger partial charge in [0.25, 0.3) is 0 Å². The molecular formula is C49H86N6O13. The lowest BCUT2D eigenvalue weighted by atomic mass is 9.75. The predicted octanol–water partition coefficient (Wildman–Crippen LogP) is 2.83. The van der Waals surface area contributed by atoms with Gasteiger partial charge in [-0.3, -0.25) is 9.69 Å². The Morgan fingerprint density at radius 2 is 1.69 bits per heavy atom. The van der Waals surface area contributed by atoms with Gasteiger partial charge in [-0.05, 0) is 118 Å². The number of likely N-dealkylation sites (N-methyl/N-ethyl adjacent to an activating group) is 1. The molecule has 7 N–H and O–H groups in total. The normalized spacial score (nSPS) is 42.1. The summed E-state index contributed by atoms with van der Waals surface area (Å²) in [6.07, 6.45) is -4.12. The second kappa shape index (κ2) is 22.8. The van der Waals surface area contributed by atoms with E-state index in [1.807, 2.05) is 20.8 Å². The maximum atomic E-state index is 14.5. The van der Waals surface area contributed by atoms with Gasteiger partial charge in [-0.15, -0.1) is 0 Å². The van der Waals surface area contributed by atoms with E-state index in [1.54, 1.807) is 68.8 Å². The Kier molecular flexibility index (Phi) is 18.9. The van der Waals surface area contributed by atoms with Crippen LogP contribution in [0.5, 0.6) is 0 Å². The van der Waals surface area contributed by atoms with Gasteiger partial charge in [0.05, 0.1) is 42.0 Å². The molecule has 0 unspecified atom stereocenters. The number of aliphatic hydroxyl groups excluding tert-OH is 2. The molecule has 1 aromatic heterocycles. The van der Waals surface area contributed by atoms with Crippen molar-refractivity contribution in [3.8, 4) is 0 Å². The van der Waals surface area contributed by atoms with Crippen LogP contribution in [0.1, 0.15) is 126 Å². The van der Waals surface area contributed by atoms with Crippen molar-refractivity contribution in [3.63, 3.8) is 0 Å². The Bertz CT molecular complexity index is 1830. The van der Waals surface area contributed by atoms with Crippen LogP contribution in [0.3, 0.4) is 0 Å². The topological polar surface area (TPSA) is 247 Å². The molecule has 0 bridgehead atoms. The quantitative estimate of drug-likeness (QED) is 0.118. The molecule has 18 atom stereocenters. The number of aliphatic hydroxyl groups is 5. The van der Waals surface area contributed by atoms with Gasteiger partial charge in [-0.25, -0.2) is 14.8 Å². The Balaban J connectivity index is 1.53. The summed E-state index contributed by atoms with van der Waals surface area (Å²) in [6, 6.07) is -1.90. The minimum Gasteiger partial charge on any atom is -0.459 e. The van der Waals surface area contributed by atoms with Crippen LogP contribution in [0.4, 0.5) is 10.7 Å². The Hall–Kier alpha value is -2.66. The zero-order chi connectivity index (χ0) is 50.7. The van der Waals surface area contributed by atoms with Crippen molar-refractivity contribution in [3.05, 3.63) is 17.5 Å². The molecule has 2 amide bonds. The van der Waals surface area contributed by atoms with Crippen molar-refractivity contribution in [2.24, 2.45) is 17.8 Å². The van der Waals surface area contributed by atoms with Gasteiger partial charge >= 0.3 is 12.0 Å². The number of nitrogens with one attached hydrogen (secondary N) is 2. The average molecular weight is 967 g/mol. The van der Waals surface area contributed by atoms with Crippen LogP contribution < -0.4 is 15.5 Å². The van der Waals surface area contributed by atoms with Crippen LogP contribution in [0, 0.1) is 17.8 Å². The molecule has 0 spiro atoms. The summed E-state index contributed by atoms with van der Waals surface area (Å²) in [5, 5.41) is 67.1. The summed E-state index contributed by atoms with van der Waals surface area (Å²) in [6.45, 7) is 20.4. The van der Waals surface area contributed by atoms with Crippen LogP contribution in [-0.4, -0.2) is 183 Å². The second-order valence-corrected chi connectivity index (χ2v) is 21.2. The Morgan fingerprint density at radius 3 is 2.34 bits per heavy atom. The number of carbonyl (C=O) groups is 2. The number of hydrogen-bond donors (Lipinski definition) is 7. The van der Waals surface area contributed by atoms with Gasteiger partial charge in [0.15, 0.2) is 12.6 Å². The number of rotatable bonds is 12. The Labute approximate surface area is 404 Å². The molecule has 1 aliphatic carbocycles. The summed E-state index contributed by atoms with van der Waals surface area (Å²) < 4.78 is 38.7. The number of anilines is 1. The molecule has 4 heterocycles. The number of nitrogens with zero attached hydrogens (tertiary/aromatic N) is 4. The smallest absolute Gasteiger partial charge is 0.326 e. The molecule has 3 saturated heterocycles. The zero-order valence-corrected chi connectivity index (χ0v) is 43.2. The van der Waals surface area contributed by atoms with Crippen molar-refractivity contribution < 1.29 is 63.5 Å². The number of ether oxygens (including phenoxy) is 6. The summed E-state index contributed by atoms with van der Waals surface area (Å²) in [4.78, 5) is 40.6. The first kappa shape index (κ1) is 56.3. The van der Waals surface area contributed by atoms with Crippen LogP contribution in [-0.2, 0) is 46.1 Å². The van der Waals surface area contributed by atoms with E-state index in [1.165, 1.54) is 23.8 Å². The summed E-state index contributed by atoms with van der Waals surface area (Å²) in [5.41, 5.74) is -4.25. The van der Waals surface area contributed by atoms with Crippen LogP contribution in [0.2, 0.25) is 0 Å². The number of methoxy groups -OCH3 is 1. The third kappa shape index (κ3) is 12.0. The average Bonchev–Trinajstić information content (AvgIpc) is 3.77. The fourth-order valence-electron chi connectivity index (χ4n) is 11.0. The standard InChI is InChI=1S/C49H86N6O13/c1-15-20-50-26-49(62)32(8)65-37(23-47(49,10)63-14)67-39-29(5)41(46(9,60)22-27(3)24-51-31(7)40(57)48(11,61)36(16-2)66-42(58)30(39)6)68-43-38(56)35(21-28(4)64-43)54(12)45(59)55(13)44-52-25-33-18-17-19-34(33)53-44/h25,27-32,35-41,43,50-51,56-57,60-62H,15-24,26H2,1-14H3/t27-,28-,29+,30-,31-,32+,35+,36-,37+,38-,39+,40-,41-,43+,46-,47-,48-,49+/m1/s1. The molecule has 1 aromatic rings. The maximum absolute atomic E-state index is 14.5. The fourth-order valence-corrected chi connectivity index (χ4v) is 11.0. The van der Waals surface area contributed by atoms with Crippen molar-refractivity contribution in [2.75, 3.05) is 45.7 Å². The van der Waals surface area contributed by atoms with Crippen molar-refractivity contribution in [1.82, 2.24) is 25.5 Å². The highest BCUT2D eigenvalue weighted by Crippen LogP contribution is 2.43. The number of cyclic esters (lactones) is 1. The molecule has 0 saturated carbocycles. The highest BCUT2D eigenvalue weighted by atomic mass is 16.7. The first-order chi connectivity index (χ1) is 31.8. The molecule has 19 heteroatoms. The zero-order valence-electron chi connectivity index (χ0n) is 43.2. The molecule has 4 aliphatic rings. The monoisotopic (exact) mass is 967 g/mol. The number of aromatic nitrogens is 2. The van der Waals surface area contributed by atoms with E-state index >= 15 is 0 Å². The van der Waals surface area contributed by atoms with Crippen LogP contribution >= 0.6 is 0 Å². The van der Waals surface area contributed by atoms with Gasteiger partial charge in [0, 0.05) is 58.0 Å². The highest BCUT2D eigenvalue weighted by molar-refractivity contribution is 5.89. The largest absolute Gasteiger partial charge is 0.459 e. The van der Waals surface area contributed by atoms with E-state index in [-0.39, 0.29) is 44.1 Å². The predicted molar refractivity (Wildman–Crippen MR) is 254 cm³/mol. The first-order valence-corrected chi connectivity index (χ1v) is 25.0. The molecule has 5 rings (SSSR count). The van der Waals surface area contributed by atoms with E-state index in [9.17, 15) is 35.1 Å². The molecule has 0 aromatic carbocycles. The van der Waals surface area contributed by atoms with Crippen molar-refractivity contribution >= 4 is 17.9 Å². The van der Waals surface area contributed by atoms with E-state index in [4.69, 9.17) is 28.4 Å². The van der Waals surface area contributed by atoms with E-state index in [2.05, 4.69) is 20.6 Å². The number of urea groups is 1. The van der Waals surface area contributed by atoms with Gasteiger partial charge < -0.3 is 69.5 Å². The summed E-state index contributed by atoms with van der Waals surface area (Å²) >= 11 is 0. The number of amides is 2. The molecule has 3 aliphatic heterocycles. The summed E-state index contributed by atoms with van der Waals surface area (Å²) in [7, 11) is 4.71. The lowest BCUT2D eigenvalue weighted by molar-refractivity contribution is -0.336. The minimum atomic E-state index is -1.86.